The molecule has 3 nitrogen and oxygen atoms in total. The lowest BCUT2D eigenvalue weighted by atomic mass is 9.95. The Balaban J connectivity index is 2.11. The number of benzene rings is 1. The van der Waals surface area contributed by atoms with Gasteiger partial charge in [-0.3, -0.25) is 0 Å². The van der Waals surface area contributed by atoms with E-state index in [1.165, 1.54) is 12.8 Å². The molecule has 1 heterocycles. The van der Waals surface area contributed by atoms with Crippen molar-refractivity contribution in [2.24, 2.45) is 5.92 Å². The minimum Gasteiger partial charge on any atom is -0.367 e. The van der Waals surface area contributed by atoms with Crippen LogP contribution in [0.3, 0.4) is 0 Å². The van der Waals surface area contributed by atoms with Crippen LogP contribution >= 0.6 is 11.6 Å². The third-order valence-corrected chi connectivity index (χ3v) is 3.98. The van der Waals surface area contributed by atoms with Gasteiger partial charge < -0.3 is 10.3 Å². The predicted molar refractivity (Wildman–Crippen MR) is 72.5 cm³/mol. The highest BCUT2D eigenvalue weighted by Gasteiger charge is 2.33. The van der Waals surface area contributed by atoms with Crippen molar-refractivity contribution >= 4 is 17.5 Å². The summed E-state index contributed by atoms with van der Waals surface area (Å²) in [6, 6.07) is 7.65. The number of anilines is 1. The van der Waals surface area contributed by atoms with Crippen molar-refractivity contribution in [3.05, 3.63) is 35.0 Å². The van der Waals surface area contributed by atoms with Crippen LogP contribution in [0.2, 0.25) is 5.02 Å². The Morgan fingerprint density at radius 3 is 2.78 bits per heavy atom. The Morgan fingerprint density at radius 2 is 2.11 bits per heavy atom. The second-order valence-electron chi connectivity index (χ2n) is 4.91. The highest BCUT2D eigenvalue weighted by Crippen LogP contribution is 2.46. The lowest BCUT2D eigenvalue weighted by Gasteiger charge is -2.10. The maximum atomic E-state index is 6.23. The van der Waals surface area contributed by atoms with E-state index in [1.807, 2.05) is 24.3 Å². The van der Waals surface area contributed by atoms with E-state index in [0.29, 0.717) is 22.7 Å². The quantitative estimate of drug-likeness (QED) is 0.906. The molecule has 2 N–H and O–H groups in total. The van der Waals surface area contributed by atoms with Crippen molar-refractivity contribution in [1.29, 1.82) is 0 Å². The summed E-state index contributed by atoms with van der Waals surface area (Å²) in [5, 5.41) is 4.81. The number of nitrogen functional groups attached to an aromatic ring is 1. The monoisotopic (exact) mass is 262 g/mol. The Bertz CT molecular complexity index is 575. The van der Waals surface area contributed by atoms with Crippen molar-refractivity contribution in [2.45, 2.75) is 25.7 Å². The summed E-state index contributed by atoms with van der Waals surface area (Å²) in [5.41, 5.74) is 8.61. The first-order valence-electron chi connectivity index (χ1n) is 6.18. The van der Waals surface area contributed by atoms with E-state index in [9.17, 15) is 0 Å². The van der Waals surface area contributed by atoms with Gasteiger partial charge in [0.05, 0.1) is 11.3 Å². The van der Waals surface area contributed by atoms with Gasteiger partial charge >= 0.3 is 0 Å². The highest BCUT2D eigenvalue weighted by atomic mass is 35.5. The molecule has 2 aromatic rings. The van der Waals surface area contributed by atoms with E-state index in [1.54, 1.807) is 0 Å². The molecule has 1 unspecified atom stereocenters. The molecule has 3 rings (SSSR count). The Kier molecular flexibility index (Phi) is 2.78. The number of nitrogens with two attached hydrogens (primary N) is 1. The molecule has 4 heteroatoms. The van der Waals surface area contributed by atoms with Crippen LogP contribution in [-0.2, 0) is 0 Å². The number of rotatable bonds is 3. The van der Waals surface area contributed by atoms with Gasteiger partial charge in [-0.25, -0.2) is 0 Å². The molecule has 0 bridgehead atoms. The van der Waals surface area contributed by atoms with Crippen molar-refractivity contribution in [1.82, 2.24) is 5.16 Å². The van der Waals surface area contributed by atoms with Crippen molar-refractivity contribution in [2.75, 3.05) is 5.73 Å². The van der Waals surface area contributed by atoms with E-state index >= 15 is 0 Å². The largest absolute Gasteiger partial charge is 0.367 e. The minimum absolute atomic E-state index is 0.352. The van der Waals surface area contributed by atoms with E-state index < -0.39 is 0 Å². The first-order chi connectivity index (χ1) is 8.68. The predicted octanol–water partition coefficient (Wildman–Crippen LogP) is 4.09. The number of hydrogen-bond acceptors (Lipinski definition) is 3. The summed E-state index contributed by atoms with van der Waals surface area (Å²) in [5.74, 6) is 1.43. The molecule has 0 saturated heterocycles. The third kappa shape index (κ3) is 1.89. The van der Waals surface area contributed by atoms with E-state index in [2.05, 4.69) is 12.1 Å². The molecule has 0 amide bonds. The van der Waals surface area contributed by atoms with Gasteiger partial charge in [-0.1, -0.05) is 41.9 Å². The van der Waals surface area contributed by atoms with Crippen LogP contribution in [0.15, 0.2) is 28.8 Å². The van der Waals surface area contributed by atoms with Crippen LogP contribution < -0.4 is 5.73 Å². The molecule has 1 aromatic carbocycles. The van der Waals surface area contributed by atoms with Crippen molar-refractivity contribution < 1.29 is 4.52 Å². The zero-order valence-corrected chi connectivity index (χ0v) is 10.9. The fraction of sp³-hybridized carbons (Fsp3) is 0.357. The molecule has 94 valence electrons. The average molecular weight is 263 g/mol. The zero-order chi connectivity index (χ0) is 12.7. The minimum atomic E-state index is 0.352. The standard InChI is InChI=1S/C14H15ClN2O/c1-8(9-6-7-9)13-12(14(16)18-17-13)10-4-2-3-5-11(10)15/h2-5,8-9H,6-7,16H2,1H3. The summed E-state index contributed by atoms with van der Waals surface area (Å²) in [7, 11) is 0. The lowest BCUT2D eigenvalue weighted by molar-refractivity contribution is 0.417. The first kappa shape index (κ1) is 11.6. The topological polar surface area (TPSA) is 52.0 Å². The molecule has 1 fully saturated rings. The van der Waals surface area contributed by atoms with Crippen LogP contribution in [0.25, 0.3) is 11.1 Å². The molecule has 1 aromatic heterocycles. The summed E-state index contributed by atoms with van der Waals surface area (Å²) < 4.78 is 5.17. The van der Waals surface area contributed by atoms with Crippen LogP contribution in [0.1, 0.15) is 31.4 Å². The average Bonchev–Trinajstić information content (AvgIpc) is 3.14. The molecule has 0 aliphatic heterocycles. The lowest BCUT2D eigenvalue weighted by Crippen LogP contribution is -1.99. The second-order valence-corrected chi connectivity index (χ2v) is 5.32. The van der Waals surface area contributed by atoms with Gasteiger partial charge in [-0.2, -0.15) is 0 Å². The molecule has 0 radical (unpaired) electrons. The van der Waals surface area contributed by atoms with Gasteiger partial charge in [-0.15, -0.1) is 0 Å². The fourth-order valence-electron chi connectivity index (χ4n) is 2.38. The fourth-order valence-corrected chi connectivity index (χ4v) is 2.61. The van der Waals surface area contributed by atoms with Crippen LogP contribution in [-0.4, -0.2) is 5.16 Å². The van der Waals surface area contributed by atoms with Gasteiger partial charge in [0.2, 0.25) is 5.88 Å². The summed E-state index contributed by atoms with van der Waals surface area (Å²) in [6.45, 7) is 2.18. The van der Waals surface area contributed by atoms with Crippen LogP contribution in [0.5, 0.6) is 0 Å². The maximum absolute atomic E-state index is 6.23. The molecule has 18 heavy (non-hydrogen) atoms. The van der Waals surface area contributed by atoms with Crippen LogP contribution in [0, 0.1) is 5.92 Å². The number of halogens is 1. The van der Waals surface area contributed by atoms with E-state index in [4.69, 9.17) is 21.9 Å². The molecular weight excluding hydrogens is 248 g/mol. The summed E-state index contributed by atoms with van der Waals surface area (Å²) in [6.07, 6.45) is 2.52. The molecule has 1 aliphatic carbocycles. The molecular formula is C14H15ClN2O. The SMILES string of the molecule is CC(c1noc(N)c1-c1ccccc1Cl)C1CC1. The van der Waals surface area contributed by atoms with Gasteiger partial charge in [-0.05, 0) is 24.8 Å². The number of aromatic nitrogens is 1. The van der Waals surface area contributed by atoms with E-state index in [-0.39, 0.29) is 0 Å². The van der Waals surface area contributed by atoms with E-state index in [0.717, 1.165) is 16.8 Å². The smallest absolute Gasteiger partial charge is 0.230 e. The Morgan fingerprint density at radius 1 is 1.39 bits per heavy atom. The Hall–Kier alpha value is -1.48. The zero-order valence-electron chi connectivity index (χ0n) is 10.2. The summed E-state index contributed by atoms with van der Waals surface area (Å²) in [4.78, 5) is 0. The third-order valence-electron chi connectivity index (χ3n) is 3.65. The molecule has 1 saturated carbocycles. The second kappa shape index (κ2) is 4.32. The van der Waals surface area contributed by atoms with Crippen molar-refractivity contribution in [3.63, 3.8) is 0 Å². The van der Waals surface area contributed by atoms with Gasteiger partial charge in [0.15, 0.2) is 0 Å². The normalized spacial score (nSPS) is 16.8. The van der Waals surface area contributed by atoms with Gasteiger partial charge in [0, 0.05) is 16.5 Å². The molecule has 1 aliphatic rings. The van der Waals surface area contributed by atoms with Gasteiger partial charge in [0.25, 0.3) is 0 Å². The maximum Gasteiger partial charge on any atom is 0.230 e. The van der Waals surface area contributed by atoms with Gasteiger partial charge in [0.1, 0.15) is 0 Å². The number of hydrogen-bond donors (Lipinski definition) is 1. The molecule has 0 spiro atoms. The molecule has 1 atom stereocenters. The van der Waals surface area contributed by atoms with Crippen molar-refractivity contribution in [3.8, 4) is 11.1 Å². The summed E-state index contributed by atoms with van der Waals surface area (Å²) >= 11 is 6.23. The first-order valence-corrected chi connectivity index (χ1v) is 6.56. The number of nitrogens with zero attached hydrogens (tertiary/aromatic N) is 1. The highest BCUT2D eigenvalue weighted by molar-refractivity contribution is 6.33. The Labute approximate surface area is 111 Å². The van der Waals surface area contributed by atoms with Crippen LogP contribution in [0.4, 0.5) is 5.88 Å².